The molecule has 0 aromatic rings. The molecule has 1 aliphatic heterocycles. The summed E-state index contributed by atoms with van der Waals surface area (Å²) in [5.41, 5.74) is 0. The third-order valence-corrected chi connectivity index (χ3v) is 1.15. The second-order valence-corrected chi connectivity index (χ2v) is 1.73. The van der Waals surface area contributed by atoms with Gasteiger partial charge in [0.25, 0.3) is 0 Å². The maximum atomic E-state index is 2.36. The van der Waals surface area contributed by atoms with Crippen molar-refractivity contribution in [2.45, 2.75) is 12.8 Å². The van der Waals surface area contributed by atoms with Crippen LogP contribution in [0.15, 0.2) is 0 Å². The molecule has 0 spiro atoms. The average molecular weight is 85.2 g/mol. The van der Waals surface area contributed by atoms with Gasteiger partial charge in [0.05, 0.1) is 0 Å². The highest BCUT2D eigenvalue weighted by atomic mass is 14.9. The summed E-state index contributed by atoms with van der Waals surface area (Å²) in [6, 6.07) is 0. The first-order valence-electron chi connectivity index (χ1n) is 2.63. The number of hydrogen-bond acceptors (Lipinski definition) is 0. The van der Waals surface area contributed by atoms with Crippen molar-refractivity contribution in [2.75, 3.05) is 13.1 Å². The van der Waals surface area contributed by atoms with E-state index in [0.29, 0.717) is 0 Å². The van der Waals surface area contributed by atoms with E-state index in [1.165, 1.54) is 25.9 Å². The number of rotatable bonds is 0. The summed E-state index contributed by atoms with van der Waals surface area (Å²) in [7, 11) is 0. The maximum Gasteiger partial charge on any atom is 0.0481 e. The summed E-state index contributed by atoms with van der Waals surface area (Å²) < 4.78 is 0. The van der Waals surface area contributed by atoms with Gasteiger partial charge >= 0.3 is 0 Å². The molecule has 6 heavy (non-hydrogen) atoms. The molecule has 1 saturated heterocycles. The number of hydrogen-bond donors (Lipinski definition) is 1. The smallest absolute Gasteiger partial charge is 0.0481 e. The van der Waals surface area contributed by atoms with E-state index in [9.17, 15) is 0 Å². The summed E-state index contributed by atoms with van der Waals surface area (Å²) in [4.78, 5) is 0. The van der Waals surface area contributed by atoms with E-state index in [1.54, 1.807) is 0 Å². The minimum Gasteiger partial charge on any atom is -0.350 e. The molecule has 0 radical (unpaired) electrons. The van der Waals surface area contributed by atoms with Gasteiger partial charge in [0.1, 0.15) is 0 Å². The van der Waals surface area contributed by atoms with Gasteiger partial charge in [-0.3, -0.25) is 0 Å². The van der Waals surface area contributed by atoms with Crippen molar-refractivity contribution in [3.05, 3.63) is 6.42 Å². The van der Waals surface area contributed by atoms with Gasteiger partial charge in [-0.25, -0.2) is 0 Å². The highest BCUT2D eigenvalue weighted by molar-refractivity contribution is 4.64. The molecule has 0 aliphatic carbocycles. The fraction of sp³-hybridized carbons (Fsp3) is 0.800. The molecule has 0 amide bonds. The first-order chi connectivity index (χ1) is 3.00. The lowest BCUT2D eigenvalue weighted by Gasteiger charge is -2.15. The Morgan fingerprint density at radius 1 is 1.17 bits per heavy atom. The molecule has 2 N–H and O–H groups in total. The zero-order chi connectivity index (χ0) is 4.24. The Morgan fingerprint density at radius 3 is 2.00 bits per heavy atom. The highest BCUT2D eigenvalue weighted by Gasteiger charge is 1.87. The molecule has 1 heterocycles. The molecule has 0 bridgehead atoms. The van der Waals surface area contributed by atoms with E-state index in [1.807, 2.05) is 0 Å². The van der Waals surface area contributed by atoms with Crippen molar-refractivity contribution in [1.82, 2.24) is 0 Å². The Kier molecular flexibility index (Phi) is 1.51. The van der Waals surface area contributed by atoms with Crippen LogP contribution < -0.4 is 5.32 Å². The molecule has 0 saturated carbocycles. The summed E-state index contributed by atoms with van der Waals surface area (Å²) >= 11 is 0. The largest absolute Gasteiger partial charge is 0.350 e. The quantitative estimate of drug-likeness (QED) is 0.384. The van der Waals surface area contributed by atoms with Crippen molar-refractivity contribution >= 4 is 0 Å². The molecule has 1 heteroatoms. The van der Waals surface area contributed by atoms with Gasteiger partial charge in [-0.05, 0) is 0 Å². The highest BCUT2D eigenvalue weighted by Crippen LogP contribution is 1.89. The zero-order valence-corrected chi connectivity index (χ0v) is 3.98. The maximum absolute atomic E-state index is 2.36. The second kappa shape index (κ2) is 2.19. The molecule has 1 nitrogen and oxygen atoms in total. The van der Waals surface area contributed by atoms with Crippen LogP contribution in [0.2, 0.25) is 0 Å². The van der Waals surface area contributed by atoms with Crippen molar-refractivity contribution in [3.63, 3.8) is 0 Å². The Balaban J connectivity index is 2.00. The molecule has 0 unspecified atom stereocenters. The monoisotopic (exact) mass is 85.1 g/mol. The van der Waals surface area contributed by atoms with Gasteiger partial charge in [-0.15, -0.1) is 12.8 Å². The Hall–Kier alpha value is -0.0400. The van der Waals surface area contributed by atoms with E-state index in [4.69, 9.17) is 0 Å². The Bertz CT molecular complexity index is 19.4. The Labute approximate surface area is 38.7 Å². The van der Waals surface area contributed by atoms with Crippen LogP contribution in [0.5, 0.6) is 0 Å². The SMILES string of the molecule is [CH-]1CC[NH2+]CC1. The number of piperidine rings is 1. The lowest BCUT2D eigenvalue weighted by Crippen LogP contribution is -2.85. The number of nitrogens with two attached hydrogens (primary N) is 1. The molecule has 0 aromatic carbocycles. The van der Waals surface area contributed by atoms with Crippen LogP contribution in [0.3, 0.4) is 0 Å². The molecule has 1 fully saturated rings. The van der Waals surface area contributed by atoms with E-state index >= 15 is 0 Å². The summed E-state index contributed by atoms with van der Waals surface area (Å²) in [6.45, 7) is 2.64. The van der Waals surface area contributed by atoms with Crippen LogP contribution in [-0.2, 0) is 0 Å². The van der Waals surface area contributed by atoms with Crippen LogP contribution in [0.25, 0.3) is 0 Å². The predicted octanol–water partition coefficient (Wildman–Crippen LogP) is -0.452. The second-order valence-electron chi connectivity index (χ2n) is 1.73. The first-order valence-corrected chi connectivity index (χ1v) is 2.63. The van der Waals surface area contributed by atoms with Crippen LogP contribution in [-0.4, -0.2) is 13.1 Å². The van der Waals surface area contributed by atoms with Crippen molar-refractivity contribution < 1.29 is 5.32 Å². The molecule has 0 atom stereocenters. The van der Waals surface area contributed by atoms with Crippen molar-refractivity contribution in [3.8, 4) is 0 Å². The van der Waals surface area contributed by atoms with Crippen LogP contribution in [0.1, 0.15) is 12.8 Å². The van der Waals surface area contributed by atoms with E-state index < -0.39 is 0 Å². The molecular formula is C5H11N. The van der Waals surface area contributed by atoms with Crippen molar-refractivity contribution in [1.29, 1.82) is 0 Å². The summed E-state index contributed by atoms with van der Waals surface area (Å²) in [5.74, 6) is 0. The molecule has 1 rings (SSSR count). The van der Waals surface area contributed by atoms with Gasteiger partial charge in [-0.2, -0.15) is 0 Å². The first kappa shape index (κ1) is 4.13. The van der Waals surface area contributed by atoms with Gasteiger partial charge in [-0.1, -0.05) is 0 Å². The van der Waals surface area contributed by atoms with Crippen LogP contribution in [0, 0.1) is 6.42 Å². The predicted molar refractivity (Wildman–Crippen MR) is 25.2 cm³/mol. The minimum atomic E-state index is 1.32. The summed E-state index contributed by atoms with van der Waals surface area (Å²) in [6.07, 6.45) is 5.00. The lowest BCUT2D eigenvalue weighted by atomic mass is 10.2. The Morgan fingerprint density at radius 2 is 1.83 bits per heavy atom. The molecule has 1 aliphatic rings. The molecule has 36 valence electrons. The fourth-order valence-corrected chi connectivity index (χ4v) is 0.760. The normalized spacial score (nSPS) is 24.0. The lowest BCUT2D eigenvalue weighted by molar-refractivity contribution is -0.659. The van der Waals surface area contributed by atoms with Crippen molar-refractivity contribution in [2.24, 2.45) is 0 Å². The van der Waals surface area contributed by atoms with Gasteiger partial charge < -0.3 is 11.7 Å². The number of quaternary nitrogens is 1. The van der Waals surface area contributed by atoms with E-state index in [-0.39, 0.29) is 0 Å². The van der Waals surface area contributed by atoms with Gasteiger partial charge in [0, 0.05) is 13.1 Å². The van der Waals surface area contributed by atoms with Crippen LogP contribution in [0.4, 0.5) is 0 Å². The third kappa shape index (κ3) is 0.977. The average Bonchev–Trinajstić information content (AvgIpc) is 1.72. The standard InChI is InChI=1S/C5H10N/c1-2-4-6-5-3-1/h1,6H,2-5H2/q-1/p+1. The third-order valence-electron chi connectivity index (χ3n) is 1.15. The minimum absolute atomic E-state index is 1.32. The van der Waals surface area contributed by atoms with E-state index in [2.05, 4.69) is 11.7 Å². The van der Waals surface area contributed by atoms with Gasteiger partial charge in [0.15, 0.2) is 0 Å². The fourth-order valence-electron chi connectivity index (χ4n) is 0.760. The zero-order valence-electron chi connectivity index (χ0n) is 3.98. The molecular weight excluding hydrogens is 74.1 g/mol. The van der Waals surface area contributed by atoms with E-state index in [0.717, 1.165) is 0 Å². The van der Waals surface area contributed by atoms with Crippen LogP contribution >= 0.6 is 0 Å². The summed E-state index contributed by atoms with van der Waals surface area (Å²) in [5, 5.41) is 2.36. The van der Waals surface area contributed by atoms with Gasteiger partial charge in [0.2, 0.25) is 0 Å². The topological polar surface area (TPSA) is 16.6 Å². The molecule has 0 aromatic heterocycles.